The maximum absolute atomic E-state index is 12.1. The fourth-order valence-electron chi connectivity index (χ4n) is 1.16. The average Bonchev–Trinajstić information content (AvgIpc) is 2.52. The second kappa shape index (κ2) is 4.48. The Hall–Kier alpha value is -1.00. The van der Waals surface area contributed by atoms with Crippen LogP contribution in [0.5, 0.6) is 0 Å². The summed E-state index contributed by atoms with van der Waals surface area (Å²) in [6.45, 7) is 2.61. The van der Waals surface area contributed by atoms with Gasteiger partial charge in [0.2, 0.25) is 0 Å². The molecule has 0 aliphatic rings. The van der Waals surface area contributed by atoms with E-state index in [1.165, 1.54) is 4.68 Å². The standard InChI is InChI=1S/C9H13F3N2/c1-2-3-4-5-14-7-8(6-13-14)9(10,11)12/h6-7H,2-5H2,1H3. The fraction of sp³-hybridized carbons (Fsp3) is 0.667. The van der Waals surface area contributed by atoms with Gasteiger partial charge in [-0.05, 0) is 6.42 Å². The molecule has 5 heteroatoms. The van der Waals surface area contributed by atoms with Crippen molar-refractivity contribution < 1.29 is 13.2 Å². The minimum absolute atomic E-state index is 0.559. The lowest BCUT2D eigenvalue weighted by molar-refractivity contribution is -0.137. The van der Waals surface area contributed by atoms with Crippen molar-refractivity contribution in [2.24, 2.45) is 0 Å². The van der Waals surface area contributed by atoms with Crippen LogP contribution in [0.3, 0.4) is 0 Å². The van der Waals surface area contributed by atoms with Crippen molar-refractivity contribution in [3.8, 4) is 0 Å². The summed E-state index contributed by atoms with van der Waals surface area (Å²) >= 11 is 0. The molecule has 0 aliphatic heterocycles. The molecule has 0 N–H and O–H groups in total. The first-order valence-electron chi connectivity index (χ1n) is 4.63. The van der Waals surface area contributed by atoms with Crippen LogP contribution in [0.25, 0.3) is 0 Å². The van der Waals surface area contributed by atoms with Gasteiger partial charge in [0.1, 0.15) is 0 Å². The van der Waals surface area contributed by atoms with E-state index in [2.05, 4.69) is 5.10 Å². The molecule has 0 bridgehead atoms. The largest absolute Gasteiger partial charge is 0.419 e. The molecule has 1 heterocycles. The van der Waals surface area contributed by atoms with E-state index in [4.69, 9.17) is 0 Å². The molecule has 0 atom stereocenters. The topological polar surface area (TPSA) is 17.8 Å². The highest BCUT2D eigenvalue weighted by Gasteiger charge is 2.31. The van der Waals surface area contributed by atoms with Gasteiger partial charge in [0.15, 0.2) is 0 Å². The van der Waals surface area contributed by atoms with Crippen LogP contribution < -0.4 is 0 Å². The molecular weight excluding hydrogens is 193 g/mol. The Kier molecular flexibility index (Phi) is 3.55. The smallest absolute Gasteiger partial charge is 0.272 e. The van der Waals surface area contributed by atoms with Crippen LogP contribution in [0, 0.1) is 0 Å². The number of rotatable bonds is 4. The zero-order valence-corrected chi connectivity index (χ0v) is 8.01. The molecule has 1 aromatic heterocycles. The van der Waals surface area contributed by atoms with E-state index < -0.39 is 11.7 Å². The minimum Gasteiger partial charge on any atom is -0.272 e. The van der Waals surface area contributed by atoms with Gasteiger partial charge < -0.3 is 0 Å². The number of aryl methyl sites for hydroxylation is 1. The molecule has 0 spiro atoms. The number of aromatic nitrogens is 2. The van der Waals surface area contributed by atoms with Crippen LogP contribution in [-0.4, -0.2) is 9.78 Å². The summed E-state index contributed by atoms with van der Waals surface area (Å²) in [5.74, 6) is 0. The lowest BCUT2D eigenvalue weighted by Gasteiger charge is -2.01. The van der Waals surface area contributed by atoms with Crippen molar-refractivity contribution in [3.05, 3.63) is 18.0 Å². The number of hydrogen-bond acceptors (Lipinski definition) is 1. The van der Waals surface area contributed by atoms with Gasteiger partial charge in [0.05, 0.1) is 11.8 Å². The quantitative estimate of drug-likeness (QED) is 0.692. The first-order valence-corrected chi connectivity index (χ1v) is 4.63. The number of unbranched alkanes of at least 4 members (excludes halogenated alkanes) is 2. The first-order chi connectivity index (χ1) is 6.54. The summed E-state index contributed by atoms with van der Waals surface area (Å²) in [5, 5.41) is 3.65. The van der Waals surface area contributed by atoms with E-state index >= 15 is 0 Å². The number of alkyl halides is 3. The van der Waals surface area contributed by atoms with Gasteiger partial charge >= 0.3 is 6.18 Å². The second-order valence-electron chi connectivity index (χ2n) is 3.20. The van der Waals surface area contributed by atoms with E-state index in [9.17, 15) is 13.2 Å². The third-order valence-electron chi connectivity index (χ3n) is 1.95. The number of nitrogens with zero attached hydrogens (tertiary/aromatic N) is 2. The summed E-state index contributed by atoms with van der Waals surface area (Å²) < 4.78 is 37.8. The van der Waals surface area contributed by atoms with E-state index in [1.54, 1.807) is 0 Å². The summed E-state index contributed by atoms with van der Waals surface area (Å²) in [7, 11) is 0. The zero-order chi connectivity index (χ0) is 10.6. The Morgan fingerprint density at radius 1 is 1.36 bits per heavy atom. The lowest BCUT2D eigenvalue weighted by Crippen LogP contribution is -2.03. The molecular formula is C9H13F3N2. The van der Waals surface area contributed by atoms with Crippen molar-refractivity contribution in [1.29, 1.82) is 0 Å². The molecule has 80 valence electrons. The zero-order valence-electron chi connectivity index (χ0n) is 8.01. The highest BCUT2D eigenvalue weighted by atomic mass is 19.4. The normalized spacial score (nSPS) is 12.0. The molecule has 0 unspecified atom stereocenters. The number of halogens is 3. The molecule has 0 amide bonds. The van der Waals surface area contributed by atoms with Gasteiger partial charge in [0, 0.05) is 12.7 Å². The third-order valence-corrected chi connectivity index (χ3v) is 1.95. The summed E-state index contributed by atoms with van der Waals surface area (Å²) in [6, 6.07) is 0. The van der Waals surface area contributed by atoms with Gasteiger partial charge in [-0.25, -0.2) is 0 Å². The van der Waals surface area contributed by atoms with Crippen LogP contribution in [0.1, 0.15) is 31.7 Å². The maximum Gasteiger partial charge on any atom is 0.419 e. The molecule has 1 aromatic rings. The predicted molar refractivity (Wildman–Crippen MR) is 46.8 cm³/mol. The molecule has 0 aliphatic carbocycles. The summed E-state index contributed by atoms with van der Waals surface area (Å²) in [4.78, 5) is 0. The average molecular weight is 206 g/mol. The van der Waals surface area contributed by atoms with Crippen LogP contribution in [0.15, 0.2) is 12.4 Å². The van der Waals surface area contributed by atoms with Crippen molar-refractivity contribution in [1.82, 2.24) is 9.78 Å². The second-order valence-corrected chi connectivity index (χ2v) is 3.20. The van der Waals surface area contributed by atoms with Crippen molar-refractivity contribution in [2.75, 3.05) is 0 Å². The Bertz CT molecular complexity index is 278. The molecule has 0 saturated carbocycles. The van der Waals surface area contributed by atoms with Crippen molar-refractivity contribution >= 4 is 0 Å². The maximum atomic E-state index is 12.1. The van der Waals surface area contributed by atoms with Crippen LogP contribution in [-0.2, 0) is 12.7 Å². The Labute approximate surface area is 80.7 Å². The van der Waals surface area contributed by atoms with Crippen LogP contribution >= 0.6 is 0 Å². The summed E-state index contributed by atoms with van der Waals surface area (Å²) in [6.07, 6.45) is 0.578. The van der Waals surface area contributed by atoms with E-state index in [-0.39, 0.29) is 0 Å². The lowest BCUT2D eigenvalue weighted by atomic mass is 10.2. The van der Waals surface area contributed by atoms with Crippen molar-refractivity contribution in [2.45, 2.75) is 38.9 Å². The molecule has 0 fully saturated rings. The summed E-state index contributed by atoms with van der Waals surface area (Å²) in [5.41, 5.74) is -0.672. The Morgan fingerprint density at radius 2 is 2.07 bits per heavy atom. The van der Waals surface area contributed by atoms with Crippen molar-refractivity contribution in [3.63, 3.8) is 0 Å². The van der Waals surface area contributed by atoms with Crippen LogP contribution in [0.2, 0.25) is 0 Å². The molecule has 0 saturated heterocycles. The van der Waals surface area contributed by atoms with Gasteiger partial charge in [-0.15, -0.1) is 0 Å². The van der Waals surface area contributed by atoms with Gasteiger partial charge in [-0.1, -0.05) is 19.8 Å². The third kappa shape index (κ3) is 3.05. The highest BCUT2D eigenvalue weighted by Crippen LogP contribution is 2.28. The molecule has 1 rings (SSSR count). The van der Waals surface area contributed by atoms with E-state index in [0.717, 1.165) is 31.7 Å². The van der Waals surface area contributed by atoms with Gasteiger partial charge in [-0.2, -0.15) is 18.3 Å². The van der Waals surface area contributed by atoms with Gasteiger partial charge in [0.25, 0.3) is 0 Å². The minimum atomic E-state index is -4.27. The number of hydrogen-bond donors (Lipinski definition) is 0. The fourth-order valence-corrected chi connectivity index (χ4v) is 1.16. The molecule has 2 nitrogen and oxygen atoms in total. The Morgan fingerprint density at radius 3 is 2.57 bits per heavy atom. The monoisotopic (exact) mass is 206 g/mol. The predicted octanol–water partition coefficient (Wildman–Crippen LogP) is 3.09. The Balaban J connectivity index is 2.51. The molecule has 0 radical (unpaired) electrons. The molecule has 14 heavy (non-hydrogen) atoms. The van der Waals surface area contributed by atoms with Gasteiger partial charge in [-0.3, -0.25) is 4.68 Å². The highest BCUT2D eigenvalue weighted by molar-refractivity contribution is 5.08. The SMILES string of the molecule is CCCCCn1cc(C(F)(F)F)cn1. The first kappa shape index (κ1) is 11.1. The van der Waals surface area contributed by atoms with Crippen LogP contribution in [0.4, 0.5) is 13.2 Å². The van der Waals surface area contributed by atoms with E-state index in [1.807, 2.05) is 6.92 Å². The molecule has 0 aromatic carbocycles. The van der Waals surface area contributed by atoms with E-state index in [0.29, 0.717) is 6.54 Å².